The van der Waals surface area contributed by atoms with Crippen molar-refractivity contribution in [1.82, 2.24) is 14.7 Å². The molecule has 0 bridgehead atoms. The number of halogens is 3. The Kier molecular flexibility index (Phi) is 8.88. The van der Waals surface area contributed by atoms with E-state index >= 15 is 0 Å². The minimum atomic E-state index is -4.57. The summed E-state index contributed by atoms with van der Waals surface area (Å²) in [4.78, 5) is 17.4. The highest BCUT2D eigenvalue weighted by Crippen LogP contribution is 2.39. The van der Waals surface area contributed by atoms with Crippen LogP contribution in [0.15, 0.2) is 42.7 Å². The second kappa shape index (κ2) is 12.1. The number of nitrogens with one attached hydrogen (secondary N) is 1. The van der Waals surface area contributed by atoms with Crippen LogP contribution in [0, 0.1) is 20.8 Å². The molecular formula is C30H39F3N8O. The third-order valence-corrected chi connectivity index (χ3v) is 8.05. The van der Waals surface area contributed by atoms with Gasteiger partial charge in [0.2, 0.25) is 0 Å². The minimum Gasteiger partial charge on any atom is -0.397 e. The number of aryl methyl sites for hydroxylation is 2. The number of aromatic nitrogens is 2. The first-order valence-electron chi connectivity index (χ1n) is 13.7. The first-order valence-corrected chi connectivity index (χ1v) is 13.7. The van der Waals surface area contributed by atoms with Crippen LogP contribution in [0.3, 0.4) is 0 Å². The highest BCUT2D eigenvalue weighted by Gasteiger charge is 2.35. The lowest BCUT2D eigenvalue weighted by atomic mass is 9.99. The number of alkyl halides is 3. The third-order valence-electron chi connectivity index (χ3n) is 8.05. The van der Waals surface area contributed by atoms with E-state index < -0.39 is 17.6 Å². The Morgan fingerprint density at radius 1 is 1.12 bits per heavy atom. The van der Waals surface area contributed by atoms with E-state index in [1.54, 1.807) is 42.2 Å². The Balaban J connectivity index is 1.61. The molecule has 5 N–H and O–H groups in total. The highest BCUT2D eigenvalue weighted by molar-refractivity contribution is 6.05. The number of piperidine rings is 1. The molecule has 1 aliphatic rings. The zero-order chi connectivity index (χ0) is 30.9. The number of nitrogens with two attached hydrogens (primary N) is 2. The number of amides is 1. The summed E-state index contributed by atoms with van der Waals surface area (Å²) >= 11 is 0. The molecule has 0 atom stereocenters. The number of hydrazine groups is 1. The van der Waals surface area contributed by atoms with Crippen molar-refractivity contribution in [3.05, 3.63) is 76.2 Å². The van der Waals surface area contributed by atoms with E-state index in [4.69, 9.17) is 11.6 Å². The van der Waals surface area contributed by atoms with Gasteiger partial charge >= 0.3 is 6.18 Å². The van der Waals surface area contributed by atoms with Crippen LogP contribution in [0.4, 0.5) is 30.2 Å². The largest absolute Gasteiger partial charge is 0.416 e. The molecular weight excluding hydrogens is 545 g/mol. The van der Waals surface area contributed by atoms with Crippen LogP contribution < -0.4 is 26.8 Å². The van der Waals surface area contributed by atoms with E-state index in [0.29, 0.717) is 36.2 Å². The molecule has 12 heteroatoms. The summed E-state index contributed by atoms with van der Waals surface area (Å²) in [6.45, 7) is 6.45. The molecule has 1 aliphatic heterocycles. The number of anilines is 3. The summed E-state index contributed by atoms with van der Waals surface area (Å²) in [5.41, 5.74) is 9.68. The summed E-state index contributed by atoms with van der Waals surface area (Å²) in [7, 11) is 5.83. The van der Waals surface area contributed by atoms with Gasteiger partial charge in [0.25, 0.3) is 5.91 Å². The number of hydrogen-bond donors (Lipinski definition) is 3. The molecule has 1 fully saturated rings. The third kappa shape index (κ3) is 6.55. The van der Waals surface area contributed by atoms with Crippen LogP contribution in [0.25, 0.3) is 5.70 Å². The molecule has 2 aromatic carbocycles. The maximum absolute atomic E-state index is 14.1. The van der Waals surface area contributed by atoms with E-state index in [-0.39, 0.29) is 16.8 Å². The van der Waals surface area contributed by atoms with Crippen molar-refractivity contribution < 1.29 is 18.0 Å². The normalized spacial score (nSPS) is 14.9. The van der Waals surface area contributed by atoms with Gasteiger partial charge in [-0.3, -0.25) is 14.5 Å². The van der Waals surface area contributed by atoms with Crippen LogP contribution in [0.2, 0.25) is 0 Å². The summed E-state index contributed by atoms with van der Waals surface area (Å²) < 4.78 is 43.9. The number of benzene rings is 2. The molecule has 1 saturated heterocycles. The molecule has 0 aliphatic carbocycles. The molecule has 2 heterocycles. The lowest BCUT2D eigenvalue weighted by Crippen LogP contribution is -2.42. The van der Waals surface area contributed by atoms with Gasteiger partial charge in [-0.15, -0.1) is 0 Å². The van der Waals surface area contributed by atoms with Crippen LogP contribution >= 0.6 is 0 Å². The average molecular weight is 585 g/mol. The molecule has 9 nitrogen and oxygen atoms in total. The summed E-state index contributed by atoms with van der Waals surface area (Å²) in [5.74, 6) is 5.76. The molecule has 0 spiro atoms. The standard InChI is InChI=1S/C30H39F3N8O/c1-18-7-8-21(13-27(18)41(35)17-26(34)24-16-36-39(6)20(24)3)29(42)37-22-14-25(30(31,32)33)19(2)28(15-22)40-11-9-23(10-12-40)38(4)5/h7-8,13-17,23H,9-12,34-35H2,1-6H3,(H,37,42)/b26-17-. The Labute approximate surface area is 244 Å². The molecule has 0 saturated carbocycles. The van der Waals surface area contributed by atoms with Gasteiger partial charge < -0.3 is 20.9 Å². The zero-order valence-electron chi connectivity index (χ0n) is 24.9. The van der Waals surface area contributed by atoms with Crippen molar-refractivity contribution in [3.8, 4) is 0 Å². The summed E-state index contributed by atoms with van der Waals surface area (Å²) in [6.07, 6.45) is 0.283. The molecule has 1 aromatic heterocycles. The van der Waals surface area contributed by atoms with Crippen LogP contribution in [0.1, 0.15) is 51.1 Å². The first-order chi connectivity index (χ1) is 19.7. The molecule has 0 unspecified atom stereocenters. The van der Waals surface area contributed by atoms with Crippen molar-refractivity contribution in [2.45, 2.75) is 45.8 Å². The number of nitrogens with zero attached hydrogens (tertiary/aromatic N) is 5. The fourth-order valence-corrected chi connectivity index (χ4v) is 5.32. The monoisotopic (exact) mass is 584 g/mol. The van der Waals surface area contributed by atoms with Crippen molar-refractivity contribution in [1.29, 1.82) is 0 Å². The smallest absolute Gasteiger partial charge is 0.397 e. The van der Waals surface area contributed by atoms with E-state index in [2.05, 4.69) is 15.3 Å². The van der Waals surface area contributed by atoms with Crippen LogP contribution in [-0.2, 0) is 13.2 Å². The maximum atomic E-state index is 14.1. The molecule has 3 aromatic rings. The predicted molar refractivity (Wildman–Crippen MR) is 161 cm³/mol. The maximum Gasteiger partial charge on any atom is 0.416 e. The Hall–Kier alpha value is -4.03. The van der Waals surface area contributed by atoms with E-state index in [9.17, 15) is 18.0 Å². The average Bonchev–Trinajstić information content (AvgIpc) is 3.26. The SMILES string of the molecule is Cc1ccc(C(=O)Nc2cc(N3CCC(N(C)C)CC3)c(C)c(C(F)(F)F)c2)cc1N(N)/C=C(\N)c1cnn(C)c1C. The van der Waals surface area contributed by atoms with Crippen molar-refractivity contribution in [2.75, 3.05) is 42.4 Å². The second-order valence-electron chi connectivity index (χ2n) is 11.1. The molecule has 4 rings (SSSR count). The van der Waals surface area contributed by atoms with Gasteiger partial charge in [-0.2, -0.15) is 18.3 Å². The molecule has 42 heavy (non-hydrogen) atoms. The second-order valence-corrected chi connectivity index (χ2v) is 11.1. The van der Waals surface area contributed by atoms with Crippen molar-refractivity contribution in [2.24, 2.45) is 18.6 Å². The molecule has 226 valence electrons. The Morgan fingerprint density at radius 2 is 1.79 bits per heavy atom. The van der Waals surface area contributed by atoms with E-state index in [1.165, 1.54) is 18.1 Å². The number of carbonyl (C=O) groups excluding carboxylic acids is 1. The minimum absolute atomic E-state index is 0.0746. The zero-order valence-corrected chi connectivity index (χ0v) is 24.9. The van der Waals surface area contributed by atoms with Crippen LogP contribution in [0.5, 0.6) is 0 Å². The Bertz CT molecular complexity index is 1490. The van der Waals surface area contributed by atoms with Gasteiger partial charge in [0.1, 0.15) is 0 Å². The van der Waals surface area contributed by atoms with Gasteiger partial charge in [-0.25, -0.2) is 5.84 Å². The fourth-order valence-electron chi connectivity index (χ4n) is 5.32. The highest BCUT2D eigenvalue weighted by atomic mass is 19.4. The lowest BCUT2D eigenvalue weighted by molar-refractivity contribution is -0.138. The van der Waals surface area contributed by atoms with E-state index in [1.807, 2.05) is 32.8 Å². The first kappa shape index (κ1) is 30.9. The van der Waals surface area contributed by atoms with E-state index in [0.717, 1.165) is 35.7 Å². The van der Waals surface area contributed by atoms with Gasteiger partial charge in [-0.1, -0.05) is 6.07 Å². The topological polar surface area (TPSA) is 109 Å². The van der Waals surface area contributed by atoms with Gasteiger partial charge in [-0.05, 0) is 83.1 Å². The molecule has 1 amide bonds. The van der Waals surface area contributed by atoms with Gasteiger partial charge in [0.05, 0.1) is 23.1 Å². The van der Waals surface area contributed by atoms with Gasteiger partial charge in [0.15, 0.2) is 0 Å². The lowest BCUT2D eigenvalue weighted by Gasteiger charge is -2.37. The van der Waals surface area contributed by atoms with Crippen molar-refractivity contribution >= 4 is 28.7 Å². The Morgan fingerprint density at radius 3 is 2.36 bits per heavy atom. The number of carbonyl (C=O) groups is 1. The fraction of sp³-hybridized carbons (Fsp3) is 0.400. The van der Waals surface area contributed by atoms with Crippen molar-refractivity contribution in [3.63, 3.8) is 0 Å². The number of hydrogen-bond acceptors (Lipinski definition) is 7. The van der Waals surface area contributed by atoms with Gasteiger partial charge in [0, 0.05) is 60.6 Å². The quantitative estimate of drug-likeness (QED) is 0.271. The number of rotatable bonds is 7. The summed E-state index contributed by atoms with van der Waals surface area (Å²) in [6, 6.07) is 7.90. The summed E-state index contributed by atoms with van der Waals surface area (Å²) in [5, 5.41) is 8.19. The predicted octanol–water partition coefficient (Wildman–Crippen LogP) is 4.78. The van der Waals surface area contributed by atoms with Crippen LogP contribution in [-0.4, -0.2) is 53.8 Å². The molecule has 0 radical (unpaired) electrons.